The van der Waals surface area contributed by atoms with Gasteiger partial charge >= 0.3 is 5.97 Å². The molecule has 1 aliphatic heterocycles. The Labute approximate surface area is 161 Å². The van der Waals surface area contributed by atoms with E-state index in [4.69, 9.17) is 17.0 Å². The van der Waals surface area contributed by atoms with Gasteiger partial charge < -0.3 is 4.74 Å². The smallest absolute Gasteiger partial charge is 0.343 e. The largest absolute Gasteiger partial charge is 0.423 e. The number of thiocarbonyl (C=S) groups is 1. The van der Waals surface area contributed by atoms with E-state index in [1.165, 1.54) is 11.8 Å². The number of aryl methyl sites for hydroxylation is 1. The van der Waals surface area contributed by atoms with E-state index in [0.29, 0.717) is 27.1 Å². The second kappa shape index (κ2) is 7.85. The zero-order valence-corrected chi connectivity index (χ0v) is 16.0. The minimum Gasteiger partial charge on any atom is -0.423 e. The average Bonchev–Trinajstić information content (AvgIpc) is 2.89. The Hall–Kier alpha value is -2.44. The molecular formula is C20H17NO3S2. The number of esters is 1. The maximum atomic E-state index is 12.2. The molecule has 1 aliphatic rings. The lowest BCUT2D eigenvalue weighted by Crippen LogP contribution is -2.27. The van der Waals surface area contributed by atoms with Gasteiger partial charge in [0.2, 0.25) is 0 Å². The zero-order valence-electron chi connectivity index (χ0n) is 14.4. The summed E-state index contributed by atoms with van der Waals surface area (Å²) < 4.78 is 5.97. The van der Waals surface area contributed by atoms with Gasteiger partial charge in [-0.15, -0.1) is 0 Å². The van der Waals surface area contributed by atoms with Gasteiger partial charge in [0.05, 0.1) is 10.5 Å². The summed E-state index contributed by atoms with van der Waals surface area (Å²) in [7, 11) is 0. The first-order valence-corrected chi connectivity index (χ1v) is 9.34. The van der Waals surface area contributed by atoms with Crippen molar-refractivity contribution < 1.29 is 14.3 Å². The third-order valence-corrected chi connectivity index (χ3v) is 5.21. The van der Waals surface area contributed by atoms with Gasteiger partial charge in [-0.3, -0.25) is 9.69 Å². The zero-order chi connectivity index (χ0) is 18.7. The number of thioether (sulfide) groups is 1. The summed E-state index contributed by atoms with van der Waals surface area (Å²) in [6.07, 6.45) is 1.79. The molecule has 3 rings (SSSR count). The van der Waals surface area contributed by atoms with Crippen LogP contribution in [0.3, 0.4) is 0 Å². The van der Waals surface area contributed by atoms with Crippen LogP contribution in [0.15, 0.2) is 53.4 Å². The van der Waals surface area contributed by atoms with Crippen LogP contribution in [-0.2, 0) is 4.79 Å². The molecule has 1 amide bonds. The van der Waals surface area contributed by atoms with E-state index >= 15 is 0 Å². The SMILES string of the molecule is CCN1C(=O)/C(=C/c2ccc(OC(=O)c3cccc(C)c3)cc2)SC1=S. The lowest BCUT2D eigenvalue weighted by molar-refractivity contribution is -0.121. The fourth-order valence-corrected chi connectivity index (χ4v) is 3.88. The molecule has 2 aromatic carbocycles. The summed E-state index contributed by atoms with van der Waals surface area (Å²) >= 11 is 6.50. The third kappa shape index (κ3) is 4.03. The molecule has 0 aromatic heterocycles. The number of benzene rings is 2. The number of carbonyl (C=O) groups is 2. The average molecular weight is 383 g/mol. The Bertz CT molecular complexity index is 904. The highest BCUT2D eigenvalue weighted by molar-refractivity contribution is 8.26. The van der Waals surface area contributed by atoms with Crippen molar-refractivity contribution in [1.82, 2.24) is 4.90 Å². The van der Waals surface area contributed by atoms with Gasteiger partial charge in [-0.2, -0.15) is 0 Å². The molecule has 0 bridgehead atoms. The molecule has 4 nitrogen and oxygen atoms in total. The van der Waals surface area contributed by atoms with Crippen molar-refractivity contribution in [1.29, 1.82) is 0 Å². The quantitative estimate of drug-likeness (QED) is 0.338. The summed E-state index contributed by atoms with van der Waals surface area (Å²) in [5.41, 5.74) is 2.36. The monoisotopic (exact) mass is 383 g/mol. The molecule has 0 atom stereocenters. The second-order valence-corrected chi connectivity index (χ2v) is 7.43. The van der Waals surface area contributed by atoms with Crippen molar-refractivity contribution in [2.45, 2.75) is 13.8 Å². The van der Waals surface area contributed by atoms with Crippen LogP contribution in [0.25, 0.3) is 6.08 Å². The molecule has 0 radical (unpaired) electrons. The first-order chi connectivity index (χ1) is 12.5. The number of ether oxygens (including phenoxy) is 1. The predicted octanol–water partition coefficient (Wildman–Crippen LogP) is 4.44. The van der Waals surface area contributed by atoms with Gasteiger partial charge in [0.1, 0.15) is 10.1 Å². The Balaban J connectivity index is 1.71. The maximum absolute atomic E-state index is 12.2. The van der Waals surface area contributed by atoms with Crippen molar-refractivity contribution in [3.05, 3.63) is 70.1 Å². The molecule has 0 spiro atoms. The molecule has 0 N–H and O–H groups in total. The van der Waals surface area contributed by atoms with Gasteiger partial charge in [0.15, 0.2) is 0 Å². The molecule has 2 aromatic rings. The van der Waals surface area contributed by atoms with Crippen molar-refractivity contribution in [2.75, 3.05) is 6.54 Å². The molecule has 0 saturated carbocycles. The van der Waals surface area contributed by atoms with Crippen molar-refractivity contribution in [2.24, 2.45) is 0 Å². The van der Waals surface area contributed by atoms with E-state index in [2.05, 4.69) is 0 Å². The van der Waals surface area contributed by atoms with E-state index in [-0.39, 0.29) is 5.91 Å². The molecular weight excluding hydrogens is 366 g/mol. The number of carbonyl (C=O) groups excluding carboxylic acids is 2. The number of likely N-dealkylation sites (N-methyl/N-ethyl adjacent to an activating group) is 1. The Morgan fingerprint density at radius 1 is 1.23 bits per heavy atom. The van der Waals surface area contributed by atoms with Crippen LogP contribution < -0.4 is 4.74 Å². The molecule has 132 valence electrons. The van der Waals surface area contributed by atoms with Gasteiger partial charge in [-0.05, 0) is 49.8 Å². The molecule has 0 unspecified atom stereocenters. The summed E-state index contributed by atoms with van der Waals surface area (Å²) in [5.74, 6) is -0.0162. The predicted molar refractivity (Wildman–Crippen MR) is 108 cm³/mol. The number of hydrogen-bond acceptors (Lipinski definition) is 5. The number of amides is 1. The van der Waals surface area contributed by atoms with Crippen LogP contribution in [0.5, 0.6) is 5.75 Å². The van der Waals surface area contributed by atoms with Gasteiger partial charge in [0, 0.05) is 6.54 Å². The molecule has 1 heterocycles. The summed E-state index contributed by atoms with van der Waals surface area (Å²) in [6, 6.07) is 14.3. The molecule has 6 heteroatoms. The van der Waals surface area contributed by atoms with Gasteiger partial charge in [0.25, 0.3) is 5.91 Å². The first kappa shape index (κ1) is 18.4. The Kier molecular flexibility index (Phi) is 5.54. The van der Waals surface area contributed by atoms with Crippen LogP contribution in [0.2, 0.25) is 0 Å². The summed E-state index contributed by atoms with van der Waals surface area (Å²) in [4.78, 5) is 26.6. The van der Waals surface area contributed by atoms with Crippen LogP contribution in [-0.4, -0.2) is 27.6 Å². The number of rotatable bonds is 4. The fourth-order valence-electron chi connectivity index (χ4n) is 2.49. The highest BCUT2D eigenvalue weighted by Crippen LogP contribution is 2.32. The van der Waals surface area contributed by atoms with Crippen LogP contribution in [0.4, 0.5) is 0 Å². The van der Waals surface area contributed by atoms with Crippen LogP contribution >= 0.6 is 24.0 Å². The lowest BCUT2D eigenvalue weighted by Gasteiger charge is -2.09. The second-order valence-electron chi connectivity index (χ2n) is 5.75. The van der Waals surface area contributed by atoms with Crippen molar-refractivity contribution in [3.63, 3.8) is 0 Å². The Morgan fingerprint density at radius 2 is 1.96 bits per heavy atom. The van der Waals surface area contributed by atoms with Gasteiger partial charge in [-0.25, -0.2) is 4.79 Å². The van der Waals surface area contributed by atoms with Crippen molar-refractivity contribution in [3.8, 4) is 5.75 Å². The first-order valence-electron chi connectivity index (χ1n) is 8.12. The number of nitrogens with zero attached hydrogens (tertiary/aromatic N) is 1. The van der Waals surface area contributed by atoms with E-state index < -0.39 is 5.97 Å². The topological polar surface area (TPSA) is 46.6 Å². The van der Waals surface area contributed by atoms with Crippen LogP contribution in [0.1, 0.15) is 28.4 Å². The Morgan fingerprint density at radius 3 is 2.58 bits per heavy atom. The maximum Gasteiger partial charge on any atom is 0.343 e. The third-order valence-electron chi connectivity index (χ3n) is 3.83. The van der Waals surface area contributed by atoms with E-state index in [9.17, 15) is 9.59 Å². The molecule has 1 fully saturated rings. The lowest BCUT2D eigenvalue weighted by atomic mass is 10.1. The normalized spacial score (nSPS) is 15.6. The summed E-state index contributed by atoms with van der Waals surface area (Å²) in [5, 5.41) is 0. The highest BCUT2D eigenvalue weighted by atomic mass is 32.2. The standard InChI is InChI=1S/C20H17NO3S2/c1-3-21-18(22)17(26-20(21)25)12-14-7-9-16(10-8-14)24-19(23)15-6-4-5-13(2)11-15/h4-12H,3H2,1-2H3/b17-12-. The van der Waals surface area contributed by atoms with Gasteiger partial charge in [-0.1, -0.05) is 53.8 Å². The minimum atomic E-state index is -0.398. The number of hydrogen-bond donors (Lipinski definition) is 0. The van der Waals surface area contributed by atoms with Crippen LogP contribution in [0, 0.1) is 6.92 Å². The van der Waals surface area contributed by atoms with E-state index in [1.807, 2.05) is 26.0 Å². The molecule has 1 saturated heterocycles. The molecule has 26 heavy (non-hydrogen) atoms. The van der Waals surface area contributed by atoms with E-state index in [0.717, 1.165) is 11.1 Å². The molecule has 0 aliphatic carbocycles. The van der Waals surface area contributed by atoms with Crippen molar-refractivity contribution >= 4 is 46.3 Å². The fraction of sp³-hybridized carbons (Fsp3) is 0.150. The van der Waals surface area contributed by atoms with E-state index in [1.54, 1.807) is 47.4 Å². The highest BCUT2D eigenvalue weighted by Gasteiger charge is 2.30. The summed E-state index contributed by atoms with van der Waals surface area (Å²) in [6.45, 7) is 4.38. The minimum absolute atomic E-state index is 0.0718.